The fourth-order valence-electron chi connectivity index (χ4n) is 1.88. The van der Waals surface area contributed by atoms with Gasteiger partial charge in [0.25, 0.3) is 4.06 Å². The molecular formula is C17H14OS4. The predicted octanol–water partition coefficient (Wildman–Crippen LogP) is 5.75. The fraction of sp³-hybridized carbons (Fsp3) is 0.118. The van der Waals surface area contributed by atoms with E-state index in [-0.39, 0.29) is 4.06 Å². The molecular weight excluding hydrogens is 348 g/mol. The highest BCUT2D eigenvalue weighted by molar-refractivity contribution is 8.04. The highest BCUT2D eigenvalue weighted by Gasteiger charge is 2.11. The quantitative estimate of drug-likeness (QED) is 0.519. The summed E-state index contributed by atoms with van der Waals surface area (Å²) in [6.45, 7) is 0. The summed E-state index contributed by atoms with van der Waals surface area (Å²) in [5, 5.41) is 0. The molecule has 0 amide bonds. The van der Waals surface area contributed by atoms with Gasteiger partial charge in [-0.05, 0) is 11.1 Å². The minimum Gasteiger partial charge on any atom is -0.265 e. The first-order valence-electron chi connectivity index (χ1n) is 6.78. The standard InChI is InChI=1S/C17H14OS4/c18-17-21-15(19-11-13-7-3-1-4-8-13)16(22-17)20-12-14-9-5-2-6-10-14/h1-10H,11-12H2. The van der Waals surface area contributed by atoms with E-state index in [9.17, 15) is 4.79 Å². The molecule has 0 atom stereocenters. The Labute approximate surface area is 146 Å². The van der Waals surface area contributed by atoms with Crippen LogP contribution in [0.1, 0.15) is 11.1 Å². The third-order valence-corrected chi connectivity index (χ3v) is 8.17. The zero-order valence-corrected chi connectivity index (χ0v) is 15.0. The Kier molecular flexibility index (Phi) is 5.78. The van der Waals surface area contributed by atoms with Crippen LogP contribution in [0, 0.1) is 0 Å². The zero-order valence-electron chi connectivity index (χ0n) is 11.7. The van der Waals surface area contributed by atoms with Gasteiger partial charge in [0.05, 0.1) is 8.42 Å². The van der Waals surface area contributed by atoms with Gasteiger partial charge in [-0.25, -0.2) is 0 Å². The molecule has 0 aliphatic carbocycles. The van der Waals surface area contributed by atoms with E-state index in [1.807, 2.05) is 12.1 Å². The summed E-state index contributed by atoms with van der Waals surface area (Å²) in [5.74, 6) is 1.82. The third-order valence-electron chi connectivity index (χ3n) is 2.94. The molecule has 1 nitrogen and oxygen atoms in total. The van der Waals surface area contributed by atoms with Crippen LogP contribution < -0.4 is 4.06 Å². The second-order valence-electron chi connectivity index (χ2n) is 4.58. The number of benzene rings is 2. The van der Waals surface area contributed by atoms with Crippen molar-refractivity contribution in [1.29, 1.82) is 0 Å². The summed E-state index contributed by atoms with van der Waals surface area (Å²) in [6.07, 6.45) is 0. The molecule has 22 heavy (non-hydrogen) atoms. The monoisotopic (exact) mass is 362 g/mol. The van der Waals surface area contributed by atoms with Gasteiger partial charge < -0.3 is 0 Å². The van der Waals surface area contributed by atoms with Crippen molar-refractivity contribution in [1.82, 2.24) is 0 Å². The Morgan fingerprint density at radius 1 is 0.682 bits per heavy atom. The molecule has 2 aromatic carbocycles. The number of thioether (sulfide) groups is 2. The number of hydrogen-bond donors (Lipinski definition) is 0. The first-order chi connectivity index (χ1) is 10.8. The summed E-state index contributed by atoms with van der Waals surface area (Å²) in [4.78, 5) is 11.7. The van der Waals surface area contributed by atoms with Gasteiger partial charge in [-0.2, -0.15) is 0 Å². The predicted molar refractivity (Wildman–Crippen MR) is 100 cm³/mol. The van der Waals surface area contributed by atoms with E-state index in [2.05, 4.69) is 48.5 Å². The van der Waals surface area contributed by atoms with Crippen LogP contribution in [0.25, 0.3) is 0 Å². The Morgan fingerprint density at radius 3 is 1.50 bits per heavy atom. The summed E-state index contributed by atoms with van der Waals surface area (Å²) in [7, 11) is 0. The molecule has 0 aliphatic rings. The van der Waals surface area contributed by atoms with E-state index in [1.54, 1.807) is 23.5 Å². The summed E-state index contributed by atoms with van der Waals surface area (Å²) in [5.41, 5.74) is 2.58. The Balaban J connectivity index is 1.66. The smallest absolute Gasteiger partial charge is 0.265 e. The highest BCUT2D eigenvalue weighted by atomic mass is 32.2. The van der Waals surface area contributed by atoms with Gasteiger partial charge in [0.15, 0.2) is 0 Å². The lowest BCUT2D eigenvalue weighted by Crippen LogP contribution is -1.80. The van der Waals surface area contributed by atoms with Crippen LogP contribution in [0.15, 0.2) is 73.9 Å². The second-order valence-corrected chi connectivity index (χ2v) is 9.29. The third kappa shape index (κ3) is 4.49. The van der Waals surface area contributed by atoms with E-state index < -0.39 is 0 Å². The van der Waals surface area contributed by atoms with Crippen molar-refractivity contribution in [3.05, 3.63) is 80.6 Å². The SMILES string of the molecule is O=c1sc(SCc2ccccc2)c(SCc2ccccc2)s1. The minimum atomic E-state index is 0.186. The molecule has 3 rings (SSSR count). The molecule has 0 saturated heterocycles. The van der Waals surface area contributed by atoms with Crippen LogP contribution in [0.2, 0.25) is 0 Å². The van der Waals surface area contributed by atoms with Crippen molar-refractivity contribution in [3.8, 4) is 0 Å². The lowest BCUT2D eigenvalue weighted by atomic mass is 10.2. The highest BCUT2D eigenvalue weighted by Crippen LogP contribution is 2.39. The van der Waals surface area contributed by atoms with Gasteiger partial charge >= 0.3 is 0 Å². The van der Waals surface area contributed by atoms with Crippen molar-refractivity contribution < 1.29 is 0 Å². The van der Waals surface area contributed by atoms with Gasteiger partial charge in [0, 0.05) is 11.5 Å². The first kappa shape index (κ1) is 15.9. The van der Waals surface area contributed by atoms with Gasteiger partial charge in [-0.3, -0.25) is 4.79 Å². The Bertz CT molecular complexity index is 698. The van der Waals surface area contributed by atoms with E-state index in [4.69, 9.17) is 0 Å². The molecule has 0 aliphatic heterocycles. The lowest BCUT2D eigenvalue weighted by molar-refractivity contribution is 1.38. The molecule has 0 N–H and O–H groups in total. The molecule has 0 radical (unpaired) electrons. The van der Waals surface area contributed by atoms with Crippen LogP contribution in [-0.2, 0) is 11.5 Å². The summed E-state index contributed by atoms with van der Waals surface area (Å²) in [6, 6.07) is 20.8. The molecule has 112 valence electrons. The van der Waals surface area contributed by atoms with Crippen molar-refractivity contribution >= 4 is 46.2 Å². The van der Waals surface area contributed by atoms with Crippen molar-refractivity contribution in [2.75, 3.05) is 0 Å². The van der Waals surface area contributed by atoms with E-state index in [0.29, 0.717) is 0 Å². The van der Waals surface area contributed by atoms with Crippen molar-refractivity contribution in [2.24, 2.45) is 0 Å². The van der Waals surface area contributed by atoms with Gasteiger partial charge in [-0.15, -0.1) is 23.5 Å². The lowest BCUT2D eigenvalue weighted by Gasteiger charge is -2.03. The maximum Gasteiger partial charge on any atom is 0.289 e. The molecule has 0 spiro atoms. The Morgan fingerprint density at radius 2 is 1.09 bits per heavy atom. The van der Waals surface area contributed by atoms with E-state index >= 15 is 0 Å². The minimum absolute atomic E-state index is 0.186. The summed E-state index contributed by atoms with van der Waals surface area (Å²) >= 11 is 6.28. The van der Waals surface area contributed by atoms with Gasteiger partial charge in [-0.1, -0.05) is 83.3 Å². The molecule has 5 heteroatoms. The van der Waals surface area contributed by atoms with Crippen LogP contribution in [0.5, 0.6) is 0 Å². The zero-order chi connectivity index (χ0) is 15.2. The largest absolute Gasteiger partial charge is 0.289 e. The van der Waals surface area contributed by atoms with E-state index in [0.717, 1.165) is 19.9 Å². The molecule has 0 bridgehead atoms. The fourth-order valence-corrected chi connectivity index (χ4v) is 7.03. The number of hydrogen-bond acceptors (Lipinski definition) is 5. The Hall–Kier alpha value is -1.01. The van der Waals surface area contributed by atoms with Crippen LogP contribution in [0.3, 0.4) is 0 Å². The molecule has 0 saturated carbocycles. The number of rotatable bonds is 6. The van der Waals surface area contributed by atoms with Crippen LogP contribution >= 0.6 is 46.2 Å². The first-order valence-corrected chi connectivity index (χ1v) is 10.4. The average Bonchev–Trinajstić information content (AvgIpc) is 2.93. The molecule has 0 unspecified atom stereocenters. The maximum atomic E-state index is 11.7. The normalized spacial score (nSPS) is 10.7. The molecule has 1 aromatic heterocycles. The molecule has 0 fully saturated rings. The van der Waals surface area contributed by atoms with Crippen molar-refractivity contribution in [3.63, 3.8) is 0 Å². The second kappa shape index (κ2) is 8.02. The van der Waals surface area contributed by atoms with Gasteiger partial charge in [0.2, 0.25) is 0 Å². The maximum absolute atomic E-state index is 11.7. The summed E-state index contributed by atoms with van der Waals surface area (Å²) < 4.78 is 2.49. The average molecular weight is 363 g/mol. The van der Waals surface area contributed by atoms with Crippen LogP contribution in [-0.4, -0.2) is 0 Å². The topological polar surface area (TPSA) is 17.1 Å². The molecule has 1 heterocycles. The van der Waals surface area contributed by atoms with Crippen LogP contribution in [0.4, 0.5) is 0 Å². The molecule has 3 aromatic rings. The van der Waals surface area contributed by atoms with Gasteiger partial charge in [0.1, 0.15) is 0 Å². The van der Waals surface area contributed by atoms with E-state index in [1.165, 1.54) is 33.8 Å². The van der Waals surface area contributed by atoms with Crippen molar-refractivity contribution in [2.45, 2.75) is 19.9 Å².